The first-order valence-corrected chi connectivity index (χ1v) is 6.30. The molecule has 0 aliphatic carbocycles. The van der Waals surface area contributed by atoms with Gasteiger partial charge >= 0.3 is 0 Å². The Labute approximate surface area is 104 Å². The second-order valence-corrected chi connectivity index (χ2v) is 4.94. The molecule has 0 radical (unpaired) electrons. The molecule has 1 heterocycles. The molecule has 0 bridgehead atoms. The predicted molar refractivity (Wildman–Crippen MR) is 67.9 cm³/mol. The lowest BCUT2D eigenvalue weighted by Gasteiger charge is -2.00. The van der Waals surface area contributed by atoms with Crippen molar-refractivity contribution in [3.63, 3.8) is 0 Å². The number of hydrogen-bond acceptors (Lipinski definition) is 3. The van der Waals surface area contributed by atoms with Crippen LogP contribution in [0.2, 0.25) is 5.02 Å². The molecular weight excluding hydrogens is 242 g/mol. The van der Waals surface area contributed by atoms with Gasteiger partial charge in [0, 0.05) is 17.4 Å². The largest absolute Gasteiger partial charge is 0.393 e. The Kier molecular flexibility index (Phi) is 3.59. The summed E-state index contributed by atoms with van der Waals surface area (Å²) in [6, 6.07) is 7.65. The van der Waals surface area contributed by atoms with Crippen molar-refractivity contribution in [2.75, 3.05) is 0 Å². The molecule has 0 saturated heterocycles. The molecule has 84 valence electrons. The molecule has 0 saturated carbocycles. The number of aromatic nitrogens is 1. The fourth-order valence-electron chi connectivity index (χ4n) is 1.46. The minimum atomic E-state index is -0.360. The van der Waals surface area contributed by atoms with Crippen LogP contribution in [0.1, 0.15) is 12.6 Å². The lowest BCUT2D eigenvalue weighted by molar-refractivity contribution is 0.194. The highest BCUT2D eigenvalue weighted by Crippen LogP contribution is 2.30. The summed E-state index contributed by atoms with van der Waals surface area (Å²) in [5.74, 6) is 0. The summed E-state index contributed by atoms with van der Waals surface area (Å²) in [6.07, 6.45) is 0.224. The Morgan fingerprint density at radius 3 is 2.88 bits per heavy atom. The van der Waals surface area contributed by atoms with Crippen LogP contribution in [0.3, 0.4) is 0 Å². The molecule has 1 N–H and O–H groups in total. The molecule has 2 nitrogen and oxygen atoms in total. The zero-order valence-corrected chi connectivity index (χ0v) is 10.4. The summed E-state index contributed by atoms with van der Waals surface area (Å²) in [4.78, 5) is 4.46. The minimum absolute atomic E-state index is 0.360. The smallest absolute Gasteiger partial charge is 0.125 e. The average molecular weight is 254 g/mol. The number of rotatable bonds is 3. The van der Waals surface area contributed by atoms with Gasteiger partial charge in [-0.05, 0) is 13.0 Å². The van der Waals surface area contributed by atoms with Crippen molar-refractivity contribution in [3.8, 4) is 10.6 Å². The van der Waals surface area contributed by atoms with Gasteiger partial charge in [0.1, 0.15) is 5.01 Å². The van der Waals surface area contributed by atoms with Gasteiger partial charge in [-0.25, -0.2) is 4.98 Å². The highest BCUT2D eigenvalue weighted by Gasteiger charge is 2.09. The van der Waals surface area contributed by atoms with Crippen molar-refractivity contribution < 1.29 is 5.11 Å². The van der Waals surface area contributed by atoms with Crippen LogP contribution < -0.4 is 0 Å². The van der Waals surface area contributed by atoms with Gasteiger partial charge in [-0.1, -0.05) is 29.8 Å². The molecule has 2 rings (SSSR count). The quantitative estimate of drug-likeness (QED) is 0.910. The maximum absolute atomic E-state index is 9.28. The SMILES string of the molecule is CC(O)Cc1csc(-c2ccccc2Cl)n1. The van der Waals surface area contributed by atoms with Crippen molar-refractivity contribution in [3.05, 3.63) is 40.4 Å². The zero-order chi connectivity index (χ0) is 11.5. The van der Waals surface area contributed by atoms with Crippen molar-refractivity contribution in [1.29, 1.82) is 0 Å². The van der Waals surface area contributed by atoms with E-state index in [1.165, 1.54) is 0 Å². The molecule has 4 heteroatoms. The van der Waals surface area contributed by atoms with Crippen molar-refractivity contribution in [2.45, 2.75) is 19.4 Å². The molecule has 0 fully saturated rings. The monoisotopic (exact) mass is 253 g/mol. The van der Waals surface area contributed by atoms with Gasteiger partial charge in [0.05, 0.1) is 16.8 Å². The minimum Gasteiger partial charge on any atom is -0.393 e. The second-order valence-electron chi connectivity index (χ2n) is 3.68. The first kappa shape index (κ1) is 11.6. The van der Waals surface area contributed by atoms with E-state index in [2.05, 4.69) is 4.98 Å². The van der Waals surface area contributed by atoms with E-state index in [0.29, 0.717) is 11.4 Å². The van der Waals surface area contributed by atoms with Crippen molar-refractivity contribution >= 4 is 22.9 Å². The summed E-state index contributed by atoms with van der Waals surface area (Å²) in [5, 5.41) is 12.9. The van der Waals surface area contributed by atoms with E-state index in [-0.39, 0.29) is 6.10 Å². The van der Waals surface area contributed by atoms with Crippen LogP contribution in [0.15, 0.2) is 29.6 Å². The number of hydrogen-bond donors (Lipinski definition) is 1. The summed E-state index contributed by atoms with van der Waals surface area (Å²) < 4.78 is 0. The van der Waals surface area contributed by atoms with Gasteiger partial charge in [-0.3, -0.25) is 0 Å². The molecular formula is C12H12ClNOS. The lowest BCUT2D eigenvalue weighted by Crippen LogP contribution is -2.04. The van der Waals surface area contributed by atoms with E-state index in [4.69, 9.17) is 11.6 Å². The Morgan fingerprint density at radius 1 is 1.44 bits per heavy atom. The molecule has 0 aliphatic heterocycles. The Bertz CT molecular complexity index is 481. The first-order chi connectivity index (χ1) is 7.66. The summed E-state index contributed by atoms with van der Waals surface area (Å²) >= 11 is 7.64. The van der Waals surface area contributed by atoms with Crippen LogP contribution in [-0.4, -0.2) is 16.2 Å². The van der Waals surface area contributed by atoms with Crippen LogP contribution in [-0.2, 0) is 6.42 Å². The third-order valence-electron chi connectivity index (χ3n) is 2.16. The molecule has 1 unspecified atom stereocenters. The van der Waals surface area contributed by atoms with Gasteiger partial charge in [-0.15, -0.1) is 11.3 Å². The maximum Gasteiger partial charge on any atom is 0.125 e. The topological polar surface area (TPSA) is 33.1 Å². The third kappa shape index (κ3) is 2.61. The lowest BCUT2D eigenvalue weighted by atomic mass is 10.2. The zero-order valence-electron chi connectivity index (χ0n) is 8.85. The van der Waals surface area contributed by atoms with Crippen LogP contribution in [0.25, 0.3) is 10.6 Å². The normalized spacial score (nSPS) is 12.7. The van der Waals surface area contributed by atoms with Gasteiger partial charge in [0.15, 0.2) is 0 Å². The van der Waals surface area contributed by atoms with E-state index in [1.807, 2.05) is 29.6 Å². The second kappa shape index (κ2) is 4.95. The van der Waals surface area contributed by atoms with Crippen LogP contribution in [0.5, 0.6) is 0 Å². The van der Waals surface area contributed by atoms with E-state index in [1.54, 1.807) is 18.3 Å². The van der Waals surface area contributed by atoms with E-state index >= 15 is 0 Å². The van der Waals surface area contributed by atoms with Gasteiger partial charge in [0.25, 0.3) is 0 Å². The molecule has 1 aromatic heterocycles. The summed E-state index contributed by atoms with van der Waals surface area (Å²) in [5.41, 5.74) is 1.86. The fraction of sp³-hybridized carbons (Fsp3) is 0.250. The third-order valence-corrected chi connectivity index (χ3v) is 3.41. The molecule has 1 aromatic carbocycles. The van der Waals surface area contributed by atoms with E-state index in [0.717, 1.165) is 16.3 Å². The molecule has 16 heavy (non-hydrogen) atoms. The Balaban J connectivity index is 2.28. The fourth-order valence-corrected chi connectivity index (χ4v) is 2.61. The number of nitrogens with zero attached hydrogens (tertiary/aromatic N) is 1. The average Bonchev–Trinajstić information content (AvgIpc) is 2.66. The van der Waals surface area contributed by atoms with E-state index in [9.17, 15) is 5.11 Å². The van der Waals surface area contributed by atoms with Gasteiger partial charge in [0.2, 0.25) is 0 Å². The molecule has 1 atom stereocenters. The number of benzene rings is 1. The number of aliphatic hydroxyl groups is 1. The van der Waals surface area contributed by atoms with Crippen LogP contribution in [0.4, 0.5) is 0 Å². The van der Waals surface area contributed by atoms with Gasteiger partial charge < -0.3 is 5.11 Å². The Hall–Kier alpha value is -0.900. The molecule has 0 amide bonds. The number of thiazole rings is 1. The molecule has 0 aliphatic rings. The first-order valence-electron chi connectivity index (χ1n) is 5.04. The highest BCUT2D eigenvalue weighted by atomic mass is 35.5. The number of halogens is 1. The number of aliphatic hydroxyl groups excluding tert-OH is 1. The van der Waals surface area contributed by atoms with Crippen LogP contribution in [0, 0.1) is 0 Å². The molecule has 0 spiro atoms. The predicted octanol–water partition coefficient (Wildman–Crippen LogP) is 3.39. The standard InChI is InChI=1S/C12H12ClNOS/c1-8(15)6-9-7-16-12(14-9)10-4-2-3-5-11(10)13/h2-5,7-8,15H,6H2,1H3. The van der Waals surface area contributed by atoms with E-state index < -0.39 is 0 Å². The van der Waals surface area contributed by atoms with Crippen molar-refractivity contribution in [2.24, 2.45) is 0 Å². The highest BCUT2D eigenvalue weighted by molar-refractivity contribution is 7.13. The Morgan fingerprint density at radius 2 is 2.19 bits per heavy atom. The van der Waals surface area contributed by atoms with Crippen LogP contribution >= 0.6 is 22.9 Å². The molecule has 2 aromatic rings. The van der Waals surface area contributed by atoms with Crippen molar-refractivity contribution in [1.82, 2.24) is 4.98 Å². The van der Waals surface area contributed by atoms with Gasteiger partial charge in [-0.2, -0.15) is 0 Å². The summed E-state index contributed by atoms with van der Waals surface area (Å²) in [6.45, 7) is 1.76. The summed E-state index contributed by atoms with van der Waals surface area (Å²) in [7, 11) is 0. The maximum atomic E-state index is 9.28.